The van der Waals surface area contributed by atoms with Gasteiger partial charge in [-0.2, -0.15) is 0 Å². The van der Waals surface area contributed by atoms with Crippen LogP contribution in [0.5, 0.6) is 0 Å². The van der Waals surface area contributed by atoms with Crippen molar-refractivity contribution in [1.82, 2.24) is 20.0 Å². The monoisotopic (exact) mass is 842 g/mol. The number of nitrogens with one attached hydrogen (secondary N) is 2. The fourth-order valence-corrected chi connectivity index (χ4v) is 6.56. The van der Waals surface area contributed by atoms with E-state index in [1.165, 1.54) is 6.07 Å². The van der Waals surface area contributed by atoms with Crippen molar-refractivity contribution in [3.63, 3.8) is 0 Å². The summed E-state index contributed by atoms with van der Waals surface area (Å²) in [6, 6.07) is 48.4. The van der Waals surface area contributed by atoms with Gasteiger partial charge in [-0.3, -0.25) is 14.4 Å². The summed E-state index contributed by atoms with van der Waals surface area (Å²) in [6.07, 6.45) is 6.85. The summed E-state index contributed by atoms with van der Waals surface area (Å²) in [6.45, 7) is 1.02. The van der Waals surface area contributed by atoms with Gasteiger partial charge in [-0.15, -0.1) is 11.5 Å². The predicted molar refractivity (Wildman–Crippen MR) is 242 cm³/mol. The zero-order chi connectivity index (χ0) is 43.0. The van der Waals surface area contributed by atoms with Crippen LogP contribution in [0.2, 0.25) is 10.0 Å². The lowest BCUT2D eigenvalue weighted by Gasteiger charge is -2.12. The molecule has 0 unspecified atom stereocenters. The number of rotatable bonds is 10. The van der Waals surface area contributed by atoms with E-state index in [2.05, 4.69) is 36.6 Å². The second kappa shape index (κ2) is 21.3. The largest absolute Gasteiger partial charge is 0.325 e. The quantitative estimate of drug-likeness (QED) is 0.0460. The number of aromatic amines is 1. The number of ketones is 1. The Bertz CT molecular complexity index is 2910. The molecule has 1 amide bonds. The minimum absolute atomic E-state index is 0.0540. The number of anilines is 1. The Labute approximate surface area is 361 Å². The number of carbonyl (C=O) groups excluding carboxylic acids is 2. The number of nitrogens with zero attached hydrogens (tertiary/aromatic N) is 6. The molecule has 0 radical (unpaired) electrons. The van der Waals surface area contributed by atoms with Crippen LogP contribution in [-0.4, -0.2) is 31.7 Å². The van der Waals surface area contributed by atoms with E-state index in [0.717, 1.165) is 33.2 Å². The molecule has 0 aliphatic carbocycles. The molecule has 0 aliphatic rings. The molecule has 0 saturated carbocycles. The van der Waals surface area contributed by atoms with Crippen LogP contribution in [0, 0.1) is 12.3 Å². The first-order chi connectivity index (χ1) is 29.7. The molecule has 2 heterocycles. The van der Waals surface area contributed by atoms with E-state index in [4.69, 9.17) is 35.2 Å². The summed E-state index contributed by atoms with van der Waals surface area (Å²) in [5, 5.41) is 16.5. The number of halogens is 2. The Balaban J connectivity index is 0.000000174. The van der Waals surface area contributed by atoms with Crippen molar-refractivity contribution in [1.29, 1.82) is 0 Å². The van der Waals surface area contributed by atoms with E-state index in [1.807, 2.05) is 109 Å². The minimum atomic E-state index is -0.345. The summed E-state index contributed by atoms with van der Waals surface area (Å²) in [7, 11) is 0. The smallest absolute Gasteiger partial charge is 0.258 e. The highest BCUT2D eigenvalue weighted by Crippen LogP contribution is 2.35. The summed E-state index contributed by atoms with van der Waals surface area (Å²) in [5.74, 6) is 1.70. The van der Waals surface area contributed by atoms with Crippen molar-refractivity contribution < 1.29 is 9.59 Å². The predicted octanol–water partition coefficient (Wildman–Crippen LogP) is 11.2. The van der Waals surface area contributed by atoms with Crippen LogP contribution in [0.25, 0.3) is 43.7 Å². The number of H-pyrrole nitrogens is 1. The zero-order valence-electron chi connectivity index (χ0n) is 32.5. The van der Waals surface area contributed by atoms with Gasteiger partial charge < -0.3 is 10.3 Å². The third kappa shape index (κ3) is 11.7. The molecule has 11 nitrogen and oxygen atoms in total. The lowest BCUT2D eigenvalue weighted by molar-refractivity contribution is -0.115. The third-order valence-electron chi connectivity index (χ3n) is 8.98. The maximum atomic E-state index is 13.1. The SMILES string of the molecule is C#CCC(=O)Nc1ccc(Cl)cc1C(=O)c1ccccc1.O=c1[nH]c2ccc(Cl)cc2c(-c2ccccc2)c1-c1cn(Cc2ccccc2)nn1.[N-]=[N+]=NCc1ccccc1. The second-order valence-electron chi connectivity index (χ2n) is 13.2. The fourth-order valence-electron chi connectivity index (χ4n) is 6.22. The molecule has 0 saturated heterocycles. The molecular weight excluding hydrogens is 807 g/mol. The van der Waals surface area contributed by atoms with Gasteiger partial charge in [0.15, 0.2) is 5.78 Å². The van der Waals surface area contributed by atoms with E-state index in [1.54, 1.807) is 53.3 Å². The number of pyridine rings is 1. The number of hydrogen-bond donors (Lipinski definition) is 2. The van der Waals surface area contributed by atoms with Crippen LogP contribution in [0.4, 0.5) is 5.69 Å². The molecule has 13 heteroatoms. The van der Waals surface area contributed by atoms with Gasteiger partial charge in [0, 0.05) is 42.6 Å². The Kier molecular flexibility index (Phi) is 15.0. The van der Waals surface area contributed by atoms with Gasteiger partial charge in [0.25, 0.3) is 5.56 Å². The minimum Gasteiger partial charge on any atom is -0.325 e. The highest BCUT2D eigenvalue weighted by atomic mass is 35.5. The van der Waals surface area contributed by atoms with Gasteiger partial charge in [-0.05, 0) is 58.6 Å². The molecule has 0 bridgehead atoms. The van der Waals surface area contributed by atoms with Crippen LogP contribution in [0.1, 0.15) is 33.5 Å². The molecule has 0 fully saturated rings. The van der Waals surface area contributed by atoms with Crippen LogP contribution >= 0.6 is 23.2 Å². The third-order valence-corrected chi connectivity index (χ3v) is 9.45. The van der Waals surface area contributed by atoms with Gasteiger partial charge in [-0.1, -0.05) is 161 Å². The van der Waals surface area contributed by atoms with E-state index in [0.29, 0.717) is 51.2 Å². The molecule has 0 spiro atoms. The first-order valence-corrected chi connectivity index (χ1v) is 19.5. The second-order valence-corrected chi connectivity index (χ2v) is 14.1. The van der Waals surface area contributed by atoms with E-state index in [-0.39, 0.29) is 23.7 Å². The number of benzene rings is 6. The van der Waals surface area contributed by atoms with Crippen molar-refractivity contribution in [2.75, 3.05) is 5.32 Å². The van der Waals surface area contributed by atoms with Crippen molar-refractivity contribution in [3.8, 4) is 34.7 Å². The highest BCUT2D eigenvalue weighted by Gasteiger charge is 2.20. The summed E-state index contributed by atoms with van der Waals surface area (Å²) in [4.78, 5) is 42.9. The van der Waals surface area contributed by atoms with Gasteiger partial charge >= 0.3 is 0 Å². The lowest BCUT2D eigenvalue weighted by atomic mass is 9.95. The van der Waals surface area contributed by atoms with Crippen molar-refractivity contribution in [2.45, 2.75) is 19.5 Å². The summed E-state index contributed by atoms with van der Waals surface area (Å²) >= 11 is 12.2. The van der Waals surface area contributed by atoms with Crippen molar-refractivity contribution in [3.05, 3.63) is 217 Å². The van der Waals surface area contributed by atoms with Crippen molar-refractivity contribution >= 4 is 51.5 Å². The average molecular weight is 844 g/mol. The van der Waals surface area contributed by atoms with Crippen molar-refractivity contribution in [2.24, 2.45) is 5.11 Å². The average Bonchev–Trinajstić information content (AvgIpc) is 3.75. The molecule has 300 valence electrons. The number of azide groups is 1. The van der Waals surface area contributed by atoms with Crippen LogP contribution in [-0.2, 0) is 17.9 Å². The van der Waals surface area contributed by atoms with Gasteiger partial charge in [-0.25, -0.2) is 4.68 Å². The van der Waals surface area contributed by atoms with Gasteiger partial charge in [0.2, 0.25) is 5.91 Å². The molecule has 2 N–H and O–H groups in total. The number of hydrogen-bond acceptors (Lipinski definition) is 6. The van der Waals surface area contributed by atoms with Gasteiger partial charge in [0.1, 0.15) is 5.69 Å². The lowest BCUT2D eigenvalue weighted by Crippen LogP contribution is -2.14. The topological polar surface area (TPSA) is 158 Å². The highest BCUT2D eigenvalue weighted by molar-refractivity contribution is 6.32. The Morgan fingerprint density at radius 2 is 1.39 bits per heavy atom. The standard InChI is InChI=1S/C24H17ClN4O.C17H12ClNO2.C7H7N3/c25-18-11-12-20-19(13-18)22(17-9-5-2-6-10-17)23(24(30)26-20)21-15-29(28-27-21)14-16-7-3-1-4-8-16;1-2-6-16(20)19-15-10-9-13(18)11-14(15)17(21)12-7-4-3-5-8-12;8-10-9-6-7-4-2-1-3-5-7/h1-13,15H,14H2,(H,26,30);1,3-5,7-11H,6H2,(H,19,20);1-5H,6H2. The number of carbonyl (C=O) groups is 2. The Morgan fingerprint density at radius 1 is 0.787 bits per heavy atom. The Morgan fingerprint density at radius 3 is 2.05 bits per heavy atom. The summed E-state index contributed by atoms with van der Waals surface area (Å²) in [5.41, 5.74) is 14.6. The van der Waals surface area contributed by atoms with E-state index >= 15 is 0 Å². The molecular formula is C48H36Cl2N8O3. The van der Waals surface area contributed by atoms with Crippen LogP contribution in [0.3, 0.4) is 0 Å². The maximum absolute atomic E-state index is 13.1. The molecule has 0 aliphatic heterocycles. The fraction of sp³-hybridized carbons (Fsp3) is 0.0625. The van der Waals surface area contributed by atoms with Crippen LogP contribution in [0.15, 0.2) is 174 Å². The van der Waals surface area contributed by atoms with E-state index in [9.17, 15) is 14.4 Å². The van der Waals surface area contributed by atoms with Crippen LogP contribution < -0.4 is 10.9 Å². The molecule has 2 aromatic heterocycles. The molecule has 0 atom stereocenters. The molecule has 8 rings (SSSR count). The number of amides is 1. The summed E-state index contributed by atoms with van der Waals surface area (Å²) < 4.78 is 1.74. The zero-order valence-corrected chi connectivity index (χ0v) is 34.0. The normalized spacial score (nSPS) is 10.2. The molecule has 61 heavy (non-hydrogen) atoms. The van der Waals surface area contributed by atoms with E-state index < -0.39 is 0 Å². The van der Waals surface area contributed by atoms with Gasteiger partial charge in [0.05, 0.1) is 37.0 Å². The first-order valence-electron chi connectivity index (χ1n) is 18.8. The molecule has 8 aromatic rings. The number of aromatic nitrogens is 4. The maximum Gasteiger partial charge on any atom is 0.258 e. The number of fused-ring (bicyclic) bond motifs is 1. The first kappa shape index (κ1) is 42.9. The molecule has 6 aromatic carbocycles. The Hall–Kier alpha value is -7.74. The number of terminal acetylenes is 1.